The van der Waals surface area contributed by atoms with E-state index in [0.29, 0.717) is 36.0 Å². The van der Waals surface area contributed by atoms with Gasteiger partial charge >= 0.3 is 0 Å². The Kier molecular flexibility index (Phi) is 11.7. The smallest absolute Gasteiger partial charge is 0.248 e. The number of anilines is 1. The molecule has 0 atom stereocenters. The number of hydrogen-bond donors (Lipinski definition) is 3. The molecule has 6 nitrogen and oxygen atoms in total. The summed E-state index contributed by atoms with van der Waals surface area (Å²) in [6.45, 7) is 5.32. The molecule has 2 rings (SSSR count). The molecule has 0 saturated heterocycles. The Labute approximate surface area is 197 Å². The Morgan fingerprint density at radius 2 is 1.45 bits per heavy atom. The molecule has 6 heteroatoms. The van der Waals surface area contributed by atoms with Gasteiger partial charge in [0, 0.05) is 6.08 Å². The molecule has 0 radical (unpaired) electrons. The van der Waals surface area contributed by atoms with Gasteiger partial charge in [0.05, 0.1) is 18.9 Å². The van der Waals surface area contributed by atoms with E-state index in [1.54, 1.807) is 36.4 Å². The lowest BCUT2D eigenvalue weighted by atomic mass is 10.1. The van der Waals surface area contributed by atoms with Crippen LogP contribution in [0, 0.1) is 0 Å². The minimum atomic E-state index is -0.381. The number of carbonyl (C=O) groups is 1. The maximum absolute atomic E-state index is 12.3. The summed E-state index contributed by atoms with van der Waals surface area (Å²) in [6.07, 6.45) is 11.5. The van der Waals surface area contributed by atoms with Gasteiger partial charge in [0.1, 0.15) is 5.75 Å². The molecule has 0 aliphatic rings. The highest BCUT2D eigenvalue weighted by Crippen LogP contribution is 2.38. The minimum absolute atomic E-state index is 0.00130. The average Bonchev–Trinajstić information content (AvgIpc) is 2.81. The van der Waals surface area contributed by atoms with Crippen LogP contribution in [0.3, 0.4) is 0 Å². The fraction of sp³-hybridized carbons (Fsp3) is 0.444. The first kappa shape index (κ1) is 26.1. The second kappa shape index (κ2) is 14.8. The minimum Gasteiger partial charge on any atom is -0.506 e. The van der Waals surface area contributed by atoms with Crippen LogP contribution in [0.4, 0.5) is 5.69 Å². The maximum Gasteiger partial charge on any atom is 0.248 e. The van der Waals surface area contributed by atoms with Crippen LogP contribution in [-0.2, 0) is 4.79 Å². The summed E-state index contributed by atoms with van der Waals surface area (Å²) < 4.78 is 11.7. The van der Waals surface area contributed by atoms with Gasteiger partial charge in [0.15, 0.2) is 11.5 Å². The van der Waals surface area contributed by atoms with Crippen molar-refractivity contribution < 1.29 is 24.5 Å². The Hall–Kier alpha value is -3.15. The molecule has 0 spiro atoms. The number of hydrogen-bond acceptors (Lipinski definition) is 5. The molecular weight excluding hydrogens is 418 g/mol. The number of amides is 1. The molecule has 0 saturated carbocycles. The standard InChI is InChI=1S/C27H37NO5/c1-3-5-7-11-17-32-24-19-21(20-25(27(24)31)33-18-12-8-6-4-2)15-16-26(30)28-22-13-9-10-14-23(22)29/h9-10,13-16,19-20,29,31H,3-8,11-12,17-18H2,1-2H3,(H,28,30)/b16-15+. The summed E-state index contributed by atoms with van der Waals surface area (Å²) >= 11 is 0. The topological polar surface area (TPSA) is 88.0 Å². The van der Waals surface area contributed by atoms with Gasteiger partial charge in [-0.05, 0) is 48.7 Å². The van der Waals surface area contributed by atoms with Crippen LogP contribution in [0.2, 0.25) is 0 Å². The van der Waals surface area contributed by atoms with Crippen LogP contribution in [0.5, 0.6) is 23.0 Å². The number of benzene rings is 2. The van der Waals surface area contributed by atoms with E-state index in [0.717, 1.165) is 51.4 Å². The SMILES string of the molecule is CCCCCCOc1cc(/C=C/C(=O)Nc2ccccc2O)cc(OCCCCCC)c1O. The molecule has 0 aromatic heterocycles. The van der Waals surface area contributed by atoms with E-state index in [-0.39, 0.29) is 17.4 Å². The highest BCUT2D eigenvalue weighted by molar-refractivity contribution is 6.02. The van der Waals surface area contributed by atoms with Gasteiger partial charge in [-0.15, -0.1) is 0 Å². The molecule has 0 bridgehead atoms. The van der Waals surface area contributed by atoms with Crippen LogP contribution in [0.25, 0.3) is 6.08 Å². The molecule has 1 amide bonds. The monoisotopic (exact) mass is 455 g/mol. The number of para-hydroxylation sites is 2. The van der Waals surface area contributed by atoms with Crippen molar-refractivity contribution in [2.45, 2.75) is 65.2 Å². The number of rotatable bonds is 15. The predicted octanol–water partition coefficient (Wildman–Crippen LogP) is 6.67. The van der Waals surface area contributed by atoms with Crippen molar-refractivity contribution >= 4 is 17.7 Å². The van der Waals surface area contributed by atoms with E-state index < -0.39 is 0 Å². The van der Waals surface area contributed by atoms with Crippen molar-refractivity contribution in [2.24, 2.45) is 0 Å². The fourth-order valence-electron chi connectivity index (χ4n) is 3.27. The summed E-state index contributed by atoms with van der Waals surface area (Å²) in [6, 6.07) is 9.94. The molecule has 0 unspecified atom stereocenters. The first-order chi connectivity index (χ1) is 16.0. The number of carbonyl (C=O) groups excluding carboxylic acids is 1. The summed E-state index contributed by atoms with van der Waals surface area (Å²) in [7, 11) is 0. The van der Waals surface area contributed by atoms with Crippen LogP contribution < -0.4 is 14.8 Å². The molecule has 3 N–H and O–H groups in total. The van der Waals surface area contributed by atoms with Gasteiger partial charge in [0.2, 0.25) is 11.7 Å². The summed E-state index contributed by atoms with van der Waals surface area (Å²) in [5.41, 5.74) is 1.01. The Morgan fingerprint density at radius 3 is 2.00 bits per heavy atom. The van der Waals surface area contributed by atoms with Gasteiger partial charge in [0.25, 0.3) is 0 Å². The Morgan fingerprint density at radius 1 is 0.879 bits per heavy atom. The van der Waals surface area contributed by atoms with E-state index >= 15 is 0 Å². The van der Waals surface area contributed by atoms with Crippen molar-refractivity contribution in [3.63, 3.8) is 0 Å². The third-order valence-corrected chi connectivity index (χ3v) is 5.16. The van der Waals surface area contributed by atoms with Gasteiger partial charge in [-0.3, -0.25) is 4.79 Å². The average molecular weight is 456 g/mol. The molecule has 0 aliphatic carbocycles. The van der Waals surface area contributed by atoms with Crippen LogP contribution in [0.1, 0.15) is 70.8 Å². The number of nitrogens with one attached hydrogen (secondary N) is 1. The highest BCUT2D eigenvalue weighted by Gasteiger charge is 2.13. The molecular formula is C27H37NO5. The van der Waals surface area contributed by atoms with Crippen LogP contribution in [0.15, 0.2) is 42.5 Å². The largest absolute Gasteiger partial charge is 0.506 e. The van der Waals surface area contributed by atoms with Crippen molar-refractivity contribution in [1.82, 2.24) is 0 Å². The van der Waals surface area contributed by atoms with Crippen molar-refractivity contribution in [3.05, 3.63) is 48.0 Å². The van der Waals surface area contributed by atoms with E-state index in [4.69, 9.17) is 9.47 Å². The summed E-state index contributed by atoms with van der Waals surface area (Å²) in [5.74, 6) is 0.295. The summed E-state index contributed by atoms with van der Waals surface area (Å²) in [5, 5.41) is 23.1. The van der Waals surface area contributed by atoms with Crippen molar-refractivity contribution in [1.29, 1.82) is 0 Å². The number of aromatic hydroxyl groups is 2. The van der Waals surface area contributed by atoms with Crippen molar-refractivity contribution in [3.8, 4) is 23.0 Å². The quantitative estimate of drug-likeness (QED) is 0.159. The molecule has 0 aliphatic heterocycles. The first-order valence-corrected chi connectivity index (χ1v) is 11.9. The van der Waals surface area contributed by atoms with Crippen LogP contribution >= 0.6 is 0 Å². The van der Waals surface area contributed by atoms with E-state index in [2.05, 4.69) is 19.2 Å². The second-order valence-corrected chi connectivity index (χ2v) is 8.02. The zero-order valence-corrected chi connectivity index (χ0v) is 19.8. The number of ether oxygens (including phenoxy) is 2. The second-order valence-electron chi connectivity index (χ2n) is 8.02. The molecule has 2 aromatic carbocycles. The predicted molar refractivity (Wildman–Crippen MR) is 133 cm³/mol. The van der Waals surface area contributed by atoms with E-state index in [1.165, 1.54) is 12.1 Å². The van der Waals surface area contributed by atoms with Gasteiger partial charge in [-0.1, -0.05) is 64.5 Å². The zero-order valence-electron chi connectivity index (χ0n) is 19.8. The lowest BCUT2D eigenvalue weighted by Gasteiger charge is -2.14. The van der Waals surface area contributed by atoms with Crippen LogP contribution in [-0.4, -0.2) is 29.3 Å². The number of unbranched alkanes of at least 4 members (excludes halogenated alkanes) is 6. The molecule has 33 heavy (non-hydrogen) atoms. The lowest BCUT2D eigenvalue weighted by molar-refractivity contribution is -0.111. The number of phenols is 2. The van der Waals surface area contributed by atoms with Gasteiger partial charge in [-0.2, -0.15) is 0 Å². The number of phenolic OH excluding ortho intramolecular Hbond substituents is 2. The Balaban J connectivity index is 2.10. The fourth-order valence-corrected chi connectivity index (χ4v) is 3.27. The lowest BCUT2D eigenvalue weighted by Crippen LogP contribution is -2.07. The van der Waals surface area contributed by atoms with Crippen molar-refractivity contribution in [2.75, 3.05) is 18.5 Å². The highest BCUT2D eigenvalue weighted by atomic mass is 16.5. The van der Waals surface area contributed by atoms with Gasteiger partial charge < -0.3 is 25.0 Å². The molecule has 0 heterocycles. The normalized spacial score (nSPS) is 11.0. The zero-order chi connectivity index (χ0) is 23.9. The molecule has 180 valence electrons. The Bertz CT molecular complexity index is 859. The van der Waals surface area contributed by atoms with E-state index in [9.17, 15) is 15.0 Å². The molecule has 0 fully saturated rings. The summed E-state index contributed by atoms with van der Waals surface area (Å²) in [4.78, 5) is 12.3. The van der Waals surface area contributed by atoms with E-state index in [1.807, 2.05) is 0 Å². The first-order valence-electron chi connectivity index (χ1n) is 11.9. The third kappa shape index (κ3) is 9.48. The van der Waals surface area contributed by atoms with Gasteiger partial charge in [-0.25, -0.2) is 0 Å². The maximum atomic E-state index is 12.3. The third-order valence-electron chi connectivity index (χ3n) is 5.16. The molecule has 2 aromatic rings.